The second kappa shape index (κ2) is 3.50. The Labute approximate surface area is 102 Å². The summed E-state index contributed by atoms with van der Waals surface area (Å²) in [5, 5.41) is 0. The molecule has 2 fully saturated rings. The monoisotopic (exact) mass is 222 g/mol. The topological polar surface area (TPSA) is 0 Å². The second-order valence-corrected chi connectivity index (χ2v) is 8.39. The molecule has 2 saturated carbocycles. The van der Waals surface area contributed by atoms with Gasteiger partial charge in [-0.15, -0.1) is 0 Å². The van der Waals surface area contributed by atoms with Crippen molar-refractivity contribution in [3.05, 3.63) is 0 Å². The minimum absolute atomic E-state index is 0.552. The van der Waals surface area contributed by atoms with E-state index >= 15 is 0 Å². The van der Waals surface area contributed by atoms with Crippen LogP contribution in [-0.4, -0.2) is 0 Å². The van der Waals surface area contributed by atoms with E-state index in [4.69, 9.17) is 0 Å². The molecule has 2 aliphatic rings. The van der Waals surface area contributed by atoms with Crippen LogP contribution in [0.4, 0.5) is 0 Å². The Hall–Kier alpha value is 0. The van der Waals surface area contributed by atoms with Gasteiger partial charge in [0.05, 0.1) is 0 Å². The molecular formula is C16H30. The SMILES string of the molecule is CC1CCCC1(C)C1CC(C)(C)CC1(C)C. The van der Waals surface area contributed by atoms with Gasteiger partial charge in [-0.25, -0.2) is 0 Å². The predicted molar refractivity (Wildman–Crippen MR) is 71.4 cm³/mol. The van der Waals surface area contributed by atoms with Gasteiger partial charge in [-0.05, 0) is 47.3 Å². The van der Waals surface area contributed by atoms with Gasteiger partial charge in [0.1, 0.15) is 0 Å². The summed E-state index contributed by atoms with van der Waals surface area (Å²) >= 11 is 0. The summed E-state index contributed by atoms with van der Waals surface area (Å²) in [6, 6.07) is 0. The van der Waals surface area contributed by atoms with Gasteiger partial charge in [0.15, 0.2) is 0 Å². The van der Waals surface area contributed by atoms with Crippen LogP contribution in [0, 0.1) is 28.1 Å². The van der Waals surface area contributed by atoms with Crippen molar-refractivity contribution in [3.8, 4) is 0 Å². The average Bonchev–Trinajstić information content (AvgIpc) is 2.52. The zero-order valence-electron chi connectivity index (χ0n) is 12.2. The molecule has 0 spiro atoms. The van der Waals surface area contributed by atoms with E-state index in [9.17, 15) is 0 Å². The van der Waals surface area contributed by atoms with Crippen molar-refractivity contribution in [1.82, 2.24) is 0 Å². The lowest BCUT2D eigenvalue weighted by molar-refractivity contribution is 0.0550. The zero-order valence-corrected chi connectivity index (χ0v) is 12.2. The lowest BCUT2D eigenvalue weighted by Gasteiger charge is -2.43. The standard InChI is InChI=1S/C16H30/c1-12-8-7-9-16(12,6)13-10-14(2,3)11-15(13,4)5/h12-13H,7-11H2,1-6H3. The van der Waals surface area contributed by atoms with E-state index < -0.39 is 0 Å². The quantitative estimate of drug-likeness (QED) is 0.566. The molecule has 0 heteroatoms. The van der Waals surface area contributed by atoms with Crippen LogP contribution >= 0.6 is 0 Å². The normalized spacial score (nSPS) is 46.1. The predicted octanol–water partition coefficient (Wildman–Crippen LogP) is 5.28. The molecule has 0 aromatic carbocycles. The molecule has 0 N–H and O–H groups in total. The molecule has 0 aromatic rings. The molecule has 3 unspecified atom stereocenters. The molecule has 0 nitrogen and oxygen atoms in total. The highest BCUT2D eigenvalue weighted by molar-refractivity contribution is 5.04. The largest absolute Gasteiger partial charge is 0.0620 e. The Morgan fingerprint density at radius 3 is 2.00 bits per heavy atom. The number of hydrogen-bond acceptors (Lipinski definition) is 0. The molecule has 0 aliphatic heterocycles. The smallest absolute Gasteiger partial charge is 0.0267 e. The van der Waals surface area contributed by atoms with E-state index in [1.54, 1.807) is 0 Å². The molecule has 0 saturated heterocycles. The van der Waals surface area contributed by atoms with Gasteiger partial charge in [0.2, 0.25) is 0 Å². The Morgan fingerprint density at radius 1 is 1.00 bits per heavy atom. The van der Waals surface area contributed by atoms with Crippen LogP contribution < -0.4 is 0 Å². The number of hydrogen-bond donors (Lipinski definition) is 0. The number of rotatable bonds is 1. The zero-order chi connectivity index (χ0) is 12.2. The van der Waals surface area contributed by atoms with Gasteiger partial charge in [-0.1, -0.05) is 54.4 Å². The maximum Gasteiger partial charge on any atom is -0.0267 e. The summed E-state index contributed by atoms with van der Waals surface area (Å²) in [7, 11) is 0. The Morgan fingerprint density at radius 2 is 1.62 bits per heavy atom. The highest BCUT2D eigenvalue weighted by Gasteiger charge is 2.54. The van der Waals surface area contributed by atoms with Crippen molar-refractivity contribution in [1.29, 1.82) is 0 Å². The van der Waals surface area contributed by atoms with E-state index in [0.29, 0.717) is 16.2 Å². The van der Waals surface area contributed by atoms with Crippen molar-refractivity contribution < 1.29 is 0 Å². The Balaban J connectivity index is 2.27. The highest BCUT2D eigenvalue weighted by atomic mass is 14.6. The maximum atomic E-state index is 2.58. The van der Waals surface area contributed by atoms with E-state index in [1.165, 1.54) is 32.1 Å². The highest BCUT2D eigenvalue weighted by Crippen LogP contribution is 2.63. The minimum Gasteiger partial charge on any atom is -0.0620 e. The average molecular weight is 222 g/mol. The van der Waals surface area contributed by atoms with Crippen LogP contribution in [0.1, 0.15) is 73.6 Å². The molecule has 94 valence electrons. The fourth-order valence-corrected chi connectivity index (χ4v) is 5.27. The fraction of sp³-hybridized carbons (Fsp3) is 1.00. The first-order chi connectivity index (χ1) is 7.17. The molecule has 2 rings (SSSR count). The summed E-state index contributed by atoms with van der Waals surface area (Å²) in [6.45, 7) is 15.0. The van der Waals surface area contributed by atoms with Gasteiger partial charge in [-0.2, -0.15) is 0 Å². The summed E-state index contributed by atoms with van der Waals surface area (Å²) in [5.41, 5.74) is 1.74. The van der Waals surface area contributed by atoms with E-state index in [2.05, 4.69) is 41.5 Å². The molecule has 3 atom stereocenters. The van der Waals surface area contributed by atoms with Crippen molar-refractivity contribution in [2.24, 2.45) is 28.1 Å². The van der Waals surface area contributed by atoms with Crippen LogP contribution in [-0.2, 0) is 0 Å². The lowest BCUT2D eigenvalue weighted by Crippen LogP contribution is -2.36. The summed E-state index contributed by atoms with van der Waals surface area (Å²) in [6.07, 6.45) is 7.25. The van der Waals surface area contributed by atoms with E-state index in [-0.39, 0.29) is 0 Å². The van der Waals surface area contributed by atoms with E-state index in [1.807, 2.05) is 0 Å². The third kappa shape index (κ3) is 1.83. The minimum atomic E-state index is 0.552. The molecule has 0 bridgehead atoms. The molecule has 0 aromatic heterocycles. The van der Waals surface area contributed by atoms with Gasteiger partial charge in [0.25, 0.3) is 0 Å². The Kier molecular flexibility index (Phi) is 2.72. The summed E-state index contributed by atoms with van der Waals surface area (Å²) < 4.78 is 0. The summed E-state index contributed by atoms with van der Waals surface area (Å²) in [5.74, 6) is 1.87. The lowest BCUT2D eigenvalue weighted by atomic mass is 9.62. The second-order valence-electron chi connectivity index (χ2n) is 8.39. The van der Waals surface area contributed by atoms with Crippen molar-refractivity contribution in [3.63, 3.8) is 0 Å². The molecular weight excluding hydrogens is 192 g/mol. The van der Waals surface area contributed by atoms with Crippen molar-refractivity contribution >= 4 is 0 Å². The van der Waals surface area contributed by atoms with Crippen molar-refractivity contribution in [2.45, 2.75) is 73.6 Å². The molecule has 2 aliphatic carbocycles. The van der Waals surface area contributed by atoms with Crippen molar-refractivity contribution in [2.75, 3.05) is 0 Å². The first-order valence-electron chi connectivity index (χ1n) is 7.17. The molecule has 0 amide bonds. The van der Waals surface area contributed by atoms with Gasteiger partial charge < -0.3 is 0 Å². The van der Waals surface area contributed by atoms with E-state index in [0.717, 1.165) is 11.8 Å². The summed E-state index contributed by atoms with van der Waals surface area (Å²) in [4.78, 5) is 0. The van der Waals surface area contributed by atoms with Crippen LogP contribution in [0.25, 0.3) is 0 Å². The maximum absolute atomic E-state index is 2.58. The molecule has 0 heterocycles. The Bertz CT molecular complexity index is 274. The van der Waals surface area contributed by atoms with Crippen LogP contribution in [0.2, 0.25) is 0 Å². The molecule has 16 heavy (non-hydrogen) atoms. The molecule has 0 radical (unpaired) electrons. The van der Waals surface area contributed by atoms with Crippen LogP contribution in [0.5, 0.6) is 0 Å². The first kappa shape index (κ1) is 12.5. The van der Waals surface area contributed by atoms with Gasteiger partial charge in [0, 0.05) is 0 Å². The van der Waals surface area contributed by atoms with Gasteiger partial charge in [-0.3, -0.25) is 0 Å². The van der Waals surface area contributed by atoms with Gasteiger partial charge >= 0.3 is 0 Å². The third-order valence-electron chi connectivity index (χ3n) is 5.91. The van der Waals surface area contributed by atoms with Crippen LogP contribution in [0.15, 0.2) is 0 Å². The first-order valence-corrected chi connectivity index (χ1v) is 7.17. The fourth-order valence-electron chi connectivity index (χ4n) is 5.27. The third-order valence-corrected chi connectivity index (χ3v) is 5.91. The van der Waals surface area contributed by atoms with Crippen LogP contribution in [0.3, 0.4) is 0 Å².